The standard InChI is InChI=1S/C8H4N2S2/c9-4-7-8(10-5-12-7)6-2-1-3-11-6/h1-3,5H. The van der Waals surface area contributed by atoms with Crippen LogP contribution in [-0.4, -0.2) is 4.98 Å². The van der Waals surface area contributed by atoms with Crippen LogP contribution in [0.15, 0.2) is 23.0 Å². The number of thiophene rings is 1. The normalized spacial score (nSPS) is 9.58. The summed E-state index contributed by atoms with van der Waals surface area (Å²) < 4.78 is 0. The summed E-state index contributed by atoms with van der Waals surface area (Å²) in [5.41, 5.74) is 2.52. The molecule has 2 rings (SSSR count). The molecule has 12 heavy (non-hydrogen) atoms. The zero-order chi connectivity index (χ0) is 8.39. The Kier molecular flexibility index (Phi) is 1.90. The lowest BCUT2D eigenvalue weighted by atomic mass is 10.3. The molecule has 0 N–H and O–H groups in total. The fourth-order valence-electron chi connectivity index (χ4n) is 0.914. The maximum atomic E-state index is 8.73. The second kappa shape index (κ2) is 3.05. The third-order valence-electron chi connectivity index (χ3n) is 1.42. The number of nitrogens with zero attached hydrogens (tertiary/aromatic N) is 2. The van der Waals surface area contributed by atoms with Crippen molar-refractivity contribution in [1.82, 2.24) is 4.98 Å². The maximum Gasteiger partial charge on any atom is 0.133 e. The van der Waals surface area contributed by atoms with Gasteiger partial charge >= 0.3 is 0 Å². The van der Waals surface area contributed by atoms with E-state index in [0.717, 1.165) is 10.6 Å². The van der Waals surface area contributed by atoms with Gasteiger partial charge in [0.05, 0.1) is 10.4 Å². The van der Waals surface area contributed by atoms with E-state index in [1.165, 1.54) is 11.3 Å². The van der Waals surface area contributed by atoms with Crippen LogP contribution in [-0.2, 0) is 0 Å². The first-order valence-corrected chi connectivity index (χ1v) is 5.05. The first-order valence-electron chi connectivity index (χ1n) is 3.29. The predicted octanol–water partition coefficient (Wildman–Crippen LogP) is 2.74. The van der Waals surface area contributed by atoms with E-state index in [-0.39, 0.29) is 0 Å². The summed E-state index contributed by atoms with van der Waals surface area (Å²) >= 11 is 2.99. The van der Waals surface area contributed by atoms with Gasteiger partial charge in [-0.15, -0.1) is 22.7 Å². The van der Waals surface area contributed by atoms with Crippen molar-refractivity contribution in [3.05, 3.63) is 27.9 Å². The van der Waals surface area contributed by atoms with E-state index < -0.39 is 0 Å². The van der Waals surface area contributed by atoms with Crippen LogP contribution in [0.4, 0.5) is 0 Å². The molecule has 0 radical (unpaired) electrons. The maximum absolute atomic E-state index is 8.73. The summed E-state index contributed by atoms with van der Waals surface area (Å²) in [5, 5.41) is 10.7. The molecule has 0 spiro atoms. The van der Waals surface area contributed by atoms with Crippen molar-refractivity contribution in [2.75, 3.05) is 0 Å². The van der Waals surface area contributed by atoms with Crippen LogP contribution in [0, 0.1) is 11.3 Å². The monoisotopic (exact) mass is 192 g/mol. The molecule has 4 heteroatoms. The van der Waals surface area contributed by atoms with Crippen molar-refractivity contribution in [2.45, 2.75) is 0 Å². The average Bonchev–Trinajstić information content (AvgIpc) is 2.74. The number of nitriles is 1. The van der Waals surface area contributed by atoms with Crippen molar-refractivity contribution < 1.29 is 0 Å². The van der Waals surface area contributed by atoms with Gasteiger partial charge in [-0.3, -0.25) is 0 Å². The molecule has 0 aliphatic heterocycles. The number of thiazole rings is 1. The van der Waals surface area contributed by atoms with E-state index in [2.05, 4.69) is 11.1 Å². The van der Waals surface area contributed by atoms with Gasteiger partial charge in [0.25, 0.3) is 0 Å². The zero-order valence-corrected chi connectivity index (χ0v) is 7.65. The summed E-state index contributed by atoms with van der Waals surface area (Å²) in [6.45, 7) is 0. The van der Waals surface area contributed by atoms with Crippen LogP contribution in [0.2, 0.25) is 0 Å². The van der Waals surface area contributed by atoms with Gasteiger partial charge in [-0.2, -0.15) is 5.26 Å². The van der Waals surface area contributed by atoms with Crippen LogP contribution in [0.1, 0.15) is 4.88 Å². The van der Waals surface area contributed by atoms with Gasteiger partial charge in [0, 0.05) is 0 Å². The third kappa shape index (κ3) is 1.13. The highest BCUT2D eigenvalue weighted by Gasteiger charge is 2.07. The molecule has 0 aliphatic carbocycles. The predicted molar refractivity (Wildman–Crippen MR) is 50.1 cm³/mol. The van der Waals surface area contributed by atoms with Gasteiger partial charge in [0.15, 0.2) is 0 Å². The minimum atomic E-state index is 0.692. The molecule has 0 aromatic carbocycles. The van der Waals surface area contributed by atoms with Gasteiger partial charge < -0.3 is 0 Å². The van der Waals surface area contributed by atoms with Crippen molar-refractivity contribution in [2.24, 2.45) is 0 Å². The first kappa shape index (κ1) is 7.47. The number of hydrogen-bond acceptors (Lipinski definition) is 4. The second-order valence-corrected chi connectivity index (χ2v) is 3.92. The molecule has 0 atom stereocenters. The fourth-order valence-corrected chi connectivity index (χ4v) is 2.30. The Bertz CT molecular complexity index is 408. The molecule has 0 unspecified atom stereocenters. The van der Waals surface area contributed by atoms with Crippen LogP contribution in [0.3, 0.4) is 0 Å². The van der Waals surface area contributed by atoms with E-state index in [1.807, 2.05) is 17.5 Å². The van der Waals surface area contributed by atoms with Gasteiger partial charge in [0.1, 0.15) is 16.6 Å². The summed E-state index contributed by atoms with van der Waals surface area (Å²) in [5.74, 6) is 0. The van der Waals surface area contributed by atoms with Gasteiger partial charge in [0.2, 0.25) is 0 Å². The minimum absolute atomic E-state index is 0.692. The van der Waals surface area contributed by atoms with Crippen LogP contribution < -0.4 is 0 Å². The molecule has 0 saturated carbocycles. The van der Waals surface area contributed by atoms with Gasteiger partial charge in [-0.1, -0.05) is 6.07 Å². The average molecular weight is 192 g/mol. The van der Waals surface area contributed by atoms with Crippen molar-refractivity contribution in [3.63, 3.8) is 0 Å². The van der Waals surface area contributed by atoms with Gasteiger partial charge in [-0.25, -0.2) is 4.98 Å². The molecule has 0 fully saturated rings. The minimum Gasteiger partial charge on any atom is -0.242 e. The van der Waals surface area contributed by atoms with Crippen LogP contribution >= 0.6 is 22.7 Å². The Hall–Kier alpha value is -1.18. The molecule has 2 nitrogen and oxygen atoms in total. The van der Waals surface area contributed by atoms with E-state index in [1.54, 1.807) is 16.8 Å². The molecular formula is C8H4N2S2. The molecule has 58 valence electrons. The van der Waals surface area contributed by atoms with E-state index in [9.17, 15) is 0 Å². The van der Waals surface area contributed by atoms with E-state index >= 15 is 0 Å². The van der Waals surface area contributed by atoms with Crippen LogP contribution in [0.5, 0.6) is 0 Å². The lowest BCUT2D eigenvalue weighted by molar-refractivity contribution is 1.41. The number of rotatable bonds is 1. The van der Waals surface area contributed by atoms with Crippen LogP contribution in [0.25, 0.3) is 10.6 Å². The molecule has 2 heterocycles. The molecule has 0 saturated heterocycles. The Morgan fingerprint density at radius 3 is 3.00 bits per heavy atom. The Balaban J connectivity index is 2.55. The molecule has 0 amide bonds. The van der Waals surface area contributed by atoms with Crippen molar-refractivity contribution >= 4 is 22.7 Å². The van der Waals surface area contributed by atoms with Crippen molar-refractivity contribution in [1.29, 1.82) is 5.26 Å². The molecular weight excluding hydrogens is 188 g/mol. The zero-order valence-electron chi connectivity index (χ0n) is 6.02. The van der Waals surface area contributed by atoms with E-state index in [0.29, 0.717) is 4.88 Å². The Morgan fingerprint density at radius 1 is 1.42 bits per heavy atom. The Labute approximate surface area is 77.7 Å². The van der Waals surface area contributed by atoms with Gasteiger partial charge in [-0.05, 0) is 11.4 Å². The largest absolute Gasteiger partial charge is 0.242 e. The molecule has 2 aromatic rings. The van der Waals surface area contributed by atoms with Crippen molar-refractivity contribution in [3.8, 4) is 16.6 Å². The summed E-state index contributed by atoms with van der Waals surface area (Å²) in [6, 6.07) is 6.06. The Morgan fingerprint density at radius 2 is 2.33 bits per heavy atom. The highest BCUT2D eigenvalue weighted by atomic mass is 32.1. The molecule has 0 aliphatic rings. The second-order valence-electron chi connectivity index (χ2n) is 2.12. The molecule has 2 aromatic heterocycles. The lowest BCUT2D eigenvalue weighted by Crippen LogP contribution is -1.73. The topological polar surface area (TPSA) is 36.7 Å². The summed E-state index contributed by atoms with van der Waals surface area (Å²) in [4.78, 5) is 5.89. The smallest absolute Gasteiger partial charge is 0.133 e. The highest BCUT2D eigenvalue weighted by Crippen LogP contribution is 2.28. The lowest BCUT2D eigenvalue weighted by Gasteiger charge is -1.88. The summed E-state index contributed by atoms with van der Waals surface area (Å²) in [7, 11) is 0. The fraction of sp³-hybridized carbons (Fsp3) is 0. The molecule has 0 bridgehead atoms. The summed E-state index contributed by atoms with van der Waals surface area (Å²) in [6.07, 6.45) is 0. The third-order valence-corrected chi connectivity index (χ3v) is 3.03. The number of aromatic nitrogens is 1. The first-order chi connectivity index (χ1) is 5.92. The van der Waals surface area contributed by atoms with E-state index in [4.69, 9.17) is 5.26 Å². The quantitative estimate of drug-likeness (QED) is 0.696. The SMILES string of the molecule is N#Cc1scnc1-c1cccs1. The highest BCUT2D eigenvalue weighted by molar-refractivity contribution is 7.14. The number of hydrogen-bond donors (Lipinski definition) is 0.